The van der Waals surface area contributed by atoms with Gasteiger partial charge in [-0.25, -0.2) is 4.98 Å². The van der Waals surface area contributed by atoms with Crippen molar-refractivity contribution in [2.24, 2.45) is 28.7 Å². The van der Waals surface area contributed by atoms with Crippen LogP contribution in [0.3, 0.4) is 0 Å². The van der Waals surface area contributed by atoms with Crippen LogP contribution in [0.2, 0.25) is 0 Å². The highest BCUT2D eigenvalue weighted by Gasteiger charge is 2.58. The molecule has 0 aromatic carbocycles. The molecule has 0 spiro atoms. The lowest BCUT2D eigenvalue weighted by atomic mass is 9.85. The maximum Gasteiger partial charge on any atom is 0.233 e. The van der Waals surface area contributed by atoms with Crippen molar-refractivity contribution < 1.29 is 9.59 Å². The van der Waals surface area contributed by atoms with Gasteiger partial charge in [0.15, 0.2) is 5.96 Å². The van der Waals surface area contributed by atoms with E-state index in [1.165, 1.54) is 9.78 Å². The highest BCUT2D eigenvalue weighted by Crippen LogP contribution is 2.52. The molecule has 2 N–H and O–H groups in total. The molecule has 1 aromatic heterocycles. The van der Waals surface area contributed by atoms with E-state index in [-0.39, 0.29) is 35.5 Å². The van der Waals surface area contributed by atoms with Crippen LogP contribution in [0.4, 0.5) is 0 Å². The summed E-state index contributed by atoms with van der Waals surface area (Å²) in [7, 11) is 1.74. The molecular formula is C21H29N5O2S. The zero-order valence-corrected chi connectivity index (χ0v) is 18.1. The Morgan fingerprint density at radius 3 is 2.41 bits per heavy atom. The van der Waals surface area contributed by atoms with Crippen molar-refractivity contribution in [1.29, 1.82) is 0 Å². The average Bonchev–Trinajstić information content (AvgIpc) is 3.43. The Balaban J connectivity index is 1.18. The Morgan fingerprint density at radius 2 is 1.83 bits per heavy atom. The number of aryl methyl sites for hydroxylation is 2. The monoisotopic (exact) mass is 415 g/mol. The van der Waals surface area contributed by atoms with Gasteiger partial charge >= 0.3 is 0 Å². The quantitative estimate of drug-likeness (QED) is 0.233. The van der Waals surface area contributed by atoms with E-state index in [1.54, 1.807) is 18.4 Å². The SMILES string of the molecule is CN=C(NCCCN1C(=O)C2C3C=CC(C3)C2C1=O)NCCc1sc(C)nc1C. The molecule has 2 fully saturated rings. The van der Waals surface area contributed by atoms with Gasteiger partial charge in [-0.05, 0) is 38.5 Å². The molecule has 3 aliphatic rings. The molecule has 1 aromatic rings. The van der Waals surface area contributed by atoms with E-state index in [0.717, 1.165) is 36.0 Å². The summed E-state index contributed by atoms with van der Waals surface area (Å²) in [6, 6.07) is 0. The highest BCUT2D eigenvalue weighted by molar-refractivity contribution is 7.11. The second kappa shape index (κ2) is 8.26. The van der Waals surface area contributed by atoms with E-state index in [9.17, 15) is 9.59 Å². The fourth-order valence-corrected chi connectivity index (χ4v) is 5.89. The number of nitrogens with one attached hydrogen (secondary N) is 2. The third kappa shape index (κ3) is 3.82. The summed E-state index contributed by atoms with van der Waals surface area (Å²) in [6.45, 7) is 6.00. The number of rotatable bonds is 7. The number of thiazole rings is 1. The third-order valence-electron chi connectivity index (χ3n) is 6.28. The Bertz CT molecular complexity index is 831. The normalized spacial score (nSPS) is 27.8. The predicted molar refractivity (Wildman–Crippen MR) is 114 cm³/mol. The van der Waals surface area contributed by atoms with Crippen LogP contribution in [0.25, 0.3) is 0 Å². The van der Waals surface area contributed by atoms with E-state index in [1.807, 2.05) is 13.8 Å². The first kappa shape index (κ1) is 20.1. The van der Waals surface area contributed by atoms with E-state index in [0.29, 0.717) is 19.5 Å². The number of carbonyl (C=O) groups is 2. The first-order valence-electron chi connectivity index (χ1n) is 10.4. The fourth-order valence-electron chi connectivity index (χ4n) is 4.95. The summed E-state index contributed by atoms with van der Waals surface area (Å²) in [4.78, 5) is 36.9. The van der Waals surface area contributed by atoms with Crippen molar-refractivity contribution >= 4 is 29.1 Å². The van der Waals surface area contributed by atoms with Crippen LogP contribution in [-0.2, 0) is 16.0 Å². The van der Waals surface area contributed by atoms with Crippen molar-refractivity contribution in [1.82, 2.24) is 20.5 Å². The predicted octanol–water partition coefficient (Wildman–Crippen LogP) is 1.66. The summed E-state index contributed by atoms with van der Waals surface area (Å²) in [5.41, 5.74) is 1.10. The lowest BCUT2D eigenvalue weighted by Gasteiger charge is -2.18. The molecule has 7 nitrogen and oxygen atoms in total. The number of hydrogen-bond donors (Lipinski definition) is 2. The Morgan fingerprint density at radius 1 is 1.17 bits per heavy atom. The van der Waals surface area contributed by atoms with Gasteiger partial charge in [0, 0.05) is 38.0 Å². The number of nitrogens with zero attached hydrogens (tertiary/aromatic N) is 3. The molecule has 4 unspecified atom stereocenters. The molecule has 1 aliphatic heterocycles. The number of aliphatic imine (C=N–C) groups is 1. The van der Waals surface area contributed by atoms with Gasteiger partial charge in [-0.1, -0.05) is 12.2 Å². The number of likely N-dealkylation sites (tertiary alicyclic amines) is 1. The molecule has 2 heterocycles. The number of guanidine groups is 1. The molecule has 1 saturated heterocycles. The van der Waals surface area contributed by atoms with Crippen molar-refractivity contribution in [3.05, 3.63) is 27.7 Å². The van der Waals surface area contributed by atoms with Gasteiger partial charge in [0.1, 0.15) is 0 Å². The summed E-state index contributed by atoms with van der Waals surface area (Å²) in [6.07, 6.45) is 6.87. The van der Waals surface area contributed by atoms with E-state index in [4.69, 9.17) is 0 Å². The molecule has 1 saturated carbocycles. The summed E-state index contributed by atoms with van der Waals surface area (Å²) >= 11 is 1.74. The summed E-state index contributed by atoms with van der Waals surface area (Å²) < 4.78 is 0. The van der Waals surface area contributed by atoms with E-state index >= 15 is 0 Å². The second-order valence-corrected chi connectivity index (χ2v) is 9.39. The minimum absolute atomic E-state index is 0.0366. The summed E-state index contributed by atoms with van der Waals surface area (Å²) in [5.74, 6) is 1.17. The Hall–Kier alpha value is -2.22. The van der Waals surface area contributed by atoms with Crippen LogP contribution < -0.4 is 10.6 Å². The van der Waals surface area contributed by atoms with Crippen LogP contribution in [0, 0.1) is 37.5 Å². The smallest absolute Gasteiger partial charge is 0.233 e. The molecule has 29 heavy (non-hydrogen) atoms. The standard InChI is InChI=1S/C21H29N5O2S/c1-12-16(29-13(2)25-12)7-9-24-21(22-3)23-8-4-10-26-19(27)17-14-5-6-15(11-14)18(17)20(26)28/h5-6,14-15,17-18H,4,7-11H2,1-3H3,(H2,22,23,24). The van der Waals surface area contributed by atoms with Gasteiger partial charge in [0.05, 0.1) is 22.5 Å². The average molecular weight is 416 g/mol. The van der Waals surface area contributed by atoms with Crippen LogP contribution >= 0.6 is 11.3 Å². The van der Waals surface area contributed by atoms with Crippen LogP contribution in [0.5, 0.6) is 0 Å². The van der Waals surface area contributed by atoms with Crippen LogP contribution in [0.15, 0.2) is 17.1 Å². The number of amides is 2. The maximum atomic E-state index is 12.7. The molecule has 4 rings (SSSR count). The van der Waals surface area contributed by atoms with Gasteiger partial charge in [-0.2, -0.15) is 0 Å². The zero-order chi connectivity index (χ0) is 20.5. The van der Waals surface area contributed by atoms with Gasteiger partial charge in [0.2, 0.25) is 11.8 Å². The topological polar surface area (TPSA) is 86.7 Å². The lowest BCUT2D eigenvalue weighted by molar-refractivity contribution is -0.140. The van der Waals surface area contributed by atoms with Crippen LogP contribution in [0.1, 0.15) is 28.4 Å². The molecule has 2 aliphatic carbocycles. The number of imide groups is 1. The minimum Gasteiger partial charge on any atom is -0.356 e. The van der Waals surface area contributed by atoms with Crippen molar-refractivity contribution in [3.8, 4) is 0 Å². The maximum absolute atomic E-state index is 12.7. The third-order valence-corrected chi connectivity index (χ3v) is 7.41. The number of allylic oxidation sites excluding steroid dienone is 2. The van der Waals surface area contributed by atoms with Gasteiger partial charge in [0.25, 0.3) is 0 Å². The molecule has 2 bridgehead atoms. The van der Waals surface area contributed by atoms with E-state index in [2.05, 4.69) is 32.8 Å². The molecule has 156 valence electrons. The second-order valence-electron chi connectivity index (χ2n) is 8.10. The molecule has 0 radical (unpaired) electrons. The van der Waals surface area contributed by atoms with Crippen molar-refractivity contribution in [2.75, 3.05) is 26.7 Å². The van der Waals surface area contributed by atoms with Gasteiger partial charge in [-0.3, -0.25) is 19.5 Å². The van der Waals surface area contributed by atoms with Crippen molar-refractivity contribution in [2.45, 2.75) is 33.1 Å². The minimum atomic E-state index is -0.0984. The highest BCUT2D eigenvalue weighted by atomic mass is 32.1. The van der Waals surface area contributed by atoms with Crippen LogP contribution in [-0.4, -0.2) is 54.3 Å². The number of fused-ring (bicyclic) bond motifs is 5. The lowest BCUT2D eigenvalue weighted by Crippen LogP contribution is -2.40. The fraction of sp³-hybridized carbons (Fsp3) is 0.619. The Labute approximate surface area is 175 Å². The van der Waals surface area contributed by atoms with Gasteiger partial charge in [-0.15, -0.1) is 11.3 Å². The molecule has 8 heteroatoms. The number of aromatic nitrogens is 1. The largest absolute Gasteiger partial charge is 0.356 e. The zero-order valence-electron chi connectivity index (χ0n) is 17.3. The van der Waals surface area contributed by atoms with Gasteiger partial charge < -0.3 is 10.6 Å². The van der Waals surface area contributed by atoms with E-state index < -0.39 is 0 Å². The summed E-state index contributed by atoms with van der Waals surface area (Å²) in [5, 5.41) is 7.69. The first-order chi connectivity index (χ1) is 14.0. The number of carbonyl (C=O) groups excluding carboxylic acids is 2. The molecular weight excluding hydrogens is 386 g/mol. The van der Waals surface area contributed by atoms with Crippen molar-refractivity contribution in [3.63, 3.8) is 0 Å². The Kier molecular flexibility index (Phi) is 5.72. The first-order valence-corrected chi connectivity index (χ1v) is 11.2. The molecule has 4 atom stereocenters. The molecule has 2 amide bonds. The number of hydrogen-bond acceptors (Lipinski definition) is 5.